The third-order valence-electron chi connectivity index (χ3n) is 3.67. The van der Waals surface area contributed by atoms with Crippen molar-refractivity contribution in [3.05, 3.63) is 35.9 Å². The van der Waals surface area contributed by atoms with Gasteiger partial charge in [0.15, 0.2) is 0 Å². The second-order valence-corrected chi connectivity index (χ2v) is 5.34. The lowest BCUT2D eigenvalue weighted by Gasteiger charge is -2.19. The highest BCUT2D eigenvalue weighted by molar-refractivity contribution is 5.85. The number of hydrogen-bond donors (Lipinski definition) is 2. The van der Waals surface area contributed by atoms with Gasteiger partial charge in [0.25, 0.3) is 0 Å². The molecule has 4 nitrogen and oxygen atoms in total. The highest BCUT2D eigenvalue weighted by atomic mass is 16.4. The van der Waals surface area contributed by atoms with Gasteiger partial charge in [-0.05, 0) is 18.4 Å². The van der Waals surface area contributed by atoms with E-state index in [0.29, 0.717) is 6.42 Å². The lowest BCUT2D eigenvalue weighted by molar-refractivity contribution is -0.142. The Morgan fingerprint density at radius 2 is 1.86 bits per heavy atom. The Balaban J connectivity index is 2.65. The van der Waals surface area contributed by atoms with Crippen LogP contribution in [0.5, 0.6) is 0 Å². The number of carboxylic acids is 1. The van der Waals surface area contributed by atoms with Crippen LogP contribution in [0.25, 0.3) is 0 Å². The molecule has 1 aromatic carbocycles. The van der Waals surface area contributed by atoms with Crippen molar-refractivity contribution in [1.82, 2.24) is 5.32 Å². The Morgan fingerprint density at radius 3 is 2.38 bits per heavy atom. The first kappa shape index (κ1) is 17.2. The summed E-state index contributed by atoms with van der Waals surface area (Å²) < 4.78 is 0. The van der Waals surface area contributed by atoms with Gasteiger partial charge in [-0.15, -0.1) is 0 Å². The van der Waals surface area contributed by atoms with Crippen molar-refractivity contribution in [3.63, 3.8) is 0 Å². The first-order valence-corrected chi connectivity index (χ1v) is 7.65. The highest BCUT2D eigenvalue weighted by Crippen LogP contribution is 2.13. The zero-order valence-corrected chi connectivity index (χ0v) is 12.8. The van der Waals surface area contributed by atoms with Crippen molar-refractivity contribution >= 4 is 11.9 Å². The van der Waals surface area contributed by atoms with E-state index in [0.717, 1.165) is 31.2 Å². The van der Waals surface area contributed by atoms with Gasteiger partial charge in [0.1, 0.15) is 6.04 Å². The van der Waals surface area contributed by atoms with Crippen LogP contribution in [0, 0.1) is 5.92 Å². The zero-order valence-electron chi connectivity index (χ0n) is 12.8. The third kappa shape index (κ3) is 5.98. The van der Waals surface area contributed by atoms with Crippen molar-refractivity contribution < 1.29 is 14.7 Å². The van der Waals surface area contributed by atoms with E-state index >= 15 is 0 Å². The predicted molar refractivity (Wildman–Crippen MR) is 83.0 cm³/mol. The molecule has 2 N–H and O–H groups in total. The predicted octanol–water partition coefficient (Wildman–Crippen LogP) is 3.01. The molecule has 1 rings (SSSR count). The molecule has 0 saturated heterocycles. The van der Waals surface area contributed by atoms with Crippen LogP contribution in [0.1, 0.15) is 45.1 Å². The van der Waals surface area contributed by atoms with Crippen LogP contribution in [-0.4, -0.2) is 23.0 Å². The molecule has 116 valence electrons. The summed E-state index contributed by atoms with van der Waals surface area (Å²) in [6, 6.07) is 8.50. The number of carboxylic acid groups (broad SMARTS) is 1. The highest BCUT2D eigenvalue weighted by Gasteiger charge is 2.24. The standard InChI is InChI=1S/C17H25NO3/c1-3-5-11-14(4-2)16(19)18-15(17(20)21)12-13-9-7-6-8-10-13/h6-10,14-15H,3-5,11-12H2,1-2H3,(H,18,19)(H,20,21). The molecule has 1 amide bonds. The van der Waals surface area contributed by atoms with Crippen LogP contribution >= 0.6 is 0 Å². The fourth-order valence-electron chi connectivity index (χ4n) is 2.31. The van der Waals surface area contributed by atoms with Crippen LogP contribution in [0.4, 0.5) is 0 Å². The second-order valence-electron chi connectivity index (χ2n) is 5.34. The Morgan fingerprint density at radius 1 is 1.19 bits per heavy atom. The summed E-state index contributed by atoms with van der Waals surface area (Å²) in [7, 11) is 0. The molecule has 0 aliphatic rings. The first-order chi connectivity index (χ1) is 10.1. The monoisotopic (exact) mass is 291 g/mol. The number of hydrogen-bond acceptors (Lipinski definition) is 2. The molecule has 0 bridgehead atoms. The van der Waals surface area contributed by atoms with Gasteiger partial charge < -0.3 is 10.4 Å². The first-order valence-electron chi connectivity index (χ1n) is 7.65. The van der Waals surface area contributed by atoms with E-state index in [4.69, 9.17) is 0 Å². The number of aliphatic carboxylic acids is 1. The van der Waals surface area contributed by atoms with Crippen LogP contribution in [0.2, 0.25) is 0 Å². The Kier molecular flexibility index (Phi) is 7.51. The fourth-order valence-corrected chi connectivity index (χ4v) is 2.31. The number of carbonyl (C=O) groups is 2. The number of nitrogens with one attached hydrogen (secondary N) is 1. The number of benzene rings is 1. The molecule has 0 fully saturated rings. The average Bonchev–Trinajstić information content (AvgIpc) is 2.48. The molecule has 0 saturated carbocycles. The lowest BCUT2D eigenvalue weighted by Crippen LogP contribution is -2.44. The second kappa shape index (κ2) is 9.16. The molecule has 0 aliphatic heterocycles. The maximum Gasteiger partial charge on any atom is 0.326 e. The van der Waals surface area contributed by atoms with Crippen molar-refractivity contribution in [2.75, 3.05) is 0 Å². The van der Waals surface area contributed by atoms with Gasteiger partial charge in [-0.1, -0.05) is 57.0 Å². The number of rotatable bonds is 9. The lowest BCUT2D eigenvalue weighted by atomic mass is 9.97. The molecule has 1 aromatic rings. The molecule has 4 heteroatoms. The molecule has 2 unspecified atom stereocenters. The van der Waals surface area contributed by atoms with Gasteiger partial charge in [-0.25, -0.2) is 4.79 Å². The van der Waals surface area contributed by atoms with Crippen molar-refractivity contribution in [2.24, 2.45) is 5.92 Å². The van der Waals surface area contributed by atoms with Crippen LogP contribution < -0.4 is 5.32 Å². The van der Waals surface area contributed by atoms with Crippen molar-refractivity contribution in [1.29, 1.82) is 0 Å². The fraction of sp³-hybridized carbons (Fsp3) is 0.529. The third-order valence-corrected chi connectivity index (χ3v) is 3.67. The van der Waals surface area contributed by atoms with E-state index in [1.165, 1.54) is 0 Å². The smallest absolute Gasteiger partial charge is 0.326 e. The average molecular weight is 291 g/mol. The van der Waals surface area contributed by atoms with Gasteiger partial charge in [-0.2, -0.15) is 0 Å². The summed E-state index contributed by atoms with van der Waals surface area (Å²) in [6.07, 6.45) is 3.89. The number of carbonyl (C=O) groups excluding carboxylic acids is 1. The molecule has 0 spiro atoms. The van der Waals surface area contributed by atoms with Gasteiger partial charge in [-0.3, -0.25) is 4.79 Å². The van der Waals surface area contributed by atoms with E-state index in [9.17, 15) is 14.7 Å². The van der Waals surface area contributed by atoms with E-state index in [-0.39, 0.29) is 11.8 Å². The van der Waals surface area contributed by atoms with Crippen LogP contribution in [-0.2, 0) is 16.0 Å². The van der Waals surface area contributed by atoms with Crippen LogP contribution in [0.3, 0.4) is 0 Å². The zero-order chi connectivity index (χ0) is 15.7. The SMILES string of the molecule is CCCCC(CC)C(=O)NC(Cc1ccccc1)C(=O)O. The topological polar surface area (TPSA) is 66.4 Å². The van der Waals surface area contributed by atoms with Gasteiger partial charge in [0.2, 0.25) is 5.91 Å². The minimum atomic E-state index is -0.988. The quantitative estimate of drug-likeness (QED) is 0.735. The number of unbranched alkanes of at least 4 members (excludes halogenated alkanes) is 1. The maximum atomic E-state index is 12.2. The summed E-state index contributed by atoms with van der Waals surface area (Å²) >= 11 is 0. The Bertz CT molecular complexity index is 445. The normalized spacial score (nSPS) is 13.4. The molecule has 0 aromatic heterocycles. The summed E-state index contributed by atoms with van der Waals surface area (Å²) in [5.41, 5.74) is 0.909. The van der Waals surface area contributed by atoms with Gasteiger partial charge >= 0.3 is 5.97 Å². The van der Waals surface area contributed by atoms with Gasteiger partial charge in [0.05, 0.1) is 0 Å². The minimum absolute atomic E-state index is 0.0948. The van der Waals surface area contributed by atoms with E-state index in [1.54, 1.807) is 0 Å². The van der Waals surface area contributed by atoms with E-state index < -0.39 is 12.0 Å². The largest absolute Gasteiger partial charge is 0.480 e. The summed E-state index contributed by atoms with van der Waals surface area (Å²) in [4.78, 5) is 23.6. The minimum Gasteiger partial charge on any atom is -0.480 e. The summed E-state index contributed by atoms with van der Waals surface area (Å²) in [5.74, 6) is -1.23. The Hall–Kier alpha value is -1.84. The molecule has 2 atom stereocenters. The molecule has 0 heterocycles. The van der Waals surface area contributed by atoms with Crippen LogP contribution in [0.15, 0.2) is 30.3 Å². The molecular formula is C17H25NO3. The molecule has 0 aliphatic carbocycles. The van der Waals surface area contributed by atoms with Gasteiger partial charge in [0, 0.05) is 12.3 Å². The summed E-state index contributed by atoms with van der Waals surface area (Å²) in [5, 5.41) is 12.0. The number of amides is 1. The molecular weight excluding hydrogens is 266 g/mol. The molecule has 0 radical (unpaired) electrons. The van der Waals surface area contributed by atoms with E-state index in [2.05, 4.69) is 12.2 Å². The summed E-state index contributed by atoms with van der Waals surface area (Å²) in [6.45, 7) is 4.05. The molecule has 21 heavy (non-hydrogen) atoms. The van der Waals surface area contributed by atoms with E-state index in [1.807, 2.05) is 37.3 Å². The maximum absolute atomic E-state index is 12.2. The van der Waals surface area contributed by atoms with Crippen molar-refractivity contribution in [3.8, 4) is 0 Å². The van der Waals surface area contributed by atoms with Crippen molar-refractivity contribution in [2.45, 2.75) is 52.0 Å². The Labute approximate surface area is 126 Å².